The lowest BCUT2D eigenvalue weighted by molar-refractivity contribution is -0.151. The third-order valence-electron chi connectivity index (χ3n) is 15.3. The number of methoxy groups -OCH3 is 1. The summed E-state index contributed by atoms with van der Waals surface area (Å²) in [7, 11) is 3.64. The predicted molar refractivity (Wildman–Crippen MR) is 259 cm³/mol. The van der Waals surface area contributed by atoms with E-state index >= 15 is 0 Å². The van der Waals surface area contributed by atoms with E-state index in [4.69, 9.17) is 28.4 Å². The summed E-state index contributed by atoms with van der Waals surface area (Å²) in [6, 6.07) is 23.7. The number of aliphatic hydroxyl groups is 2. The lowest BCUT2D eigenvalue weighted by Gasteiger charge is -2.48. The number of hydrogen-bond acceptors (Lipinski definition) is 12. The normalized spacial score (nSPS) is 26.2. The topological polar surface area (TPSA) is 169 Å². The first kappa shape index (κ1) is 46.5. The molecule has 0 saturated heterocycles. The molecule has 12 heteroatoms. The van der Waals surface area contributed by atoms with Crippen molar-refractivity contribution < 1.29 is 54.0 Å². The van der Waals surface area contributed by atoms with Crippen molar-refractivity contribution in [3.05, 3.63) is 101 Å². The summed E-state index contributed by atoms with van der Waals surface area (Å²) in [5.74, 6) is 1.98. The lowest BCUT2D eigenvalue weighted by Crippen LogP contribution is -2.51. The zero-order valence-corrected chi connectivity index (χ0v) is 39.3. The van der Waals surface area contributed by atoms with Crippen molar-refractivity contribution in [2.45, 2.75) is 139 Å². The minimum Gasteiger partial charge on any atom is -0.508 e. The molecule has 0 radical (unpaired) electrons. The maximum absolute atomic E-state index is 13.2. The smallest absolute Gasteiger partial charge is 0.133 e. The van der Waals surface area contributed by atoms with Gasteiger partial charge in [0.2, 0.25) is 0 Å². The first-order valence-electron chi connectivity index (χ1n) is 25.0. The van der Waals surface area contributed by atoms with Gasteiger partial charge in [-0.1, -0.05) is 18.2 Å². The second kappa shape index (κ2) is 20.4. The van der Waals surface area contributed by atoms with Crippen LogP contribution < -0.4 is 24.3 Å². The van der Waals surface area contributed by atoms with E-state index in [0.29, 0.717) is 67.3 Å². The Balaban J connectivity index is 1.10. The summed E-state index contributed by atoms with van der Waals surface area (Å²) in [6.07, 6.45) is 8.79. The Kier molecular flexibility index (Phi) is 13.9. The molecule has 12 nitrogen and oxygen atoms in total. The summed E-state index contributed by atoms with van der Waals surface area (Å²) in [5.41, 5.74) is 4.72. The number of ether oxygens (including phenoxy) is 6. The van der Waals surface area contributed by atoms with Gasteiger partial charge in [0.15, 0.2) is 0 Å². The molecule has 5 aromatic rings. The highest BCUT2D eigenvalue weighted by molar-refractivity contribution is 5.96. The average Bonchev–Trinajstić information content (AvgIpc) is 4.05. The first-order chi connectivity index (χ1) is 33.1. The fourth-order valence-electron chi connectivity index (χ4n) is 11.9. The number of hydrogen-bond donors (Lipinski definition) is 6. The van der Waals surface area contributed by atoms with Gasteiger partial charge < -0.3 is 59.3 Å². The van der Waals surface area contributed by atoms with Gasteiger partial charge in [-0.3, -0.25) is 0 Å². The molecule has 0 bridgehead atoms. The number of aliphatic hydroxyl groups excluding tert-OH is 2. The van der Waals surface area contributed by atoms with E-state index in [1.54, 1.807) is 49.6 Å². The van der Waals surface area contributed by atoms with Gasteiger partial charge in [-0.2, -0.15) is 0 Å². The van der Waals surface area contributed by atoms with Crippen molar-refractivity contribution in [3.8, 4) is 51.4 Å². The Hall–Kier alpha value is -5.24. The molecule has 68 heavy (non-hydrogen) atoms. The van der Waals surface area contributed by atoms with Crippen molar-refractivity contribution >= 4 is 10.8 Å². The molecule has 2 aliphatic heterocycles. The number of nitrogens with one attached hydrogen (secondary N) is 1. The molecule has 3 saturated carbocycles. The second-order valence-electron chi connectivity index (χ2n) is 19.9. The molecule has 5 aliphatic rings. The van der Waals surface area contributed by atoms with E-state index in [9.17, 15) is 25.5 Å². The second-order valence-corrected chi connectivity index (χ2v) is 19.9. The van der Waals surface area contributed by atoms with Gasteiger partial charge in [0.25, 0.3) is 0 Å². The number of phenols is 3. The fourth-order valence-corrected chi connectivity index (χ4v) is 11.9. The number of phenolic OH excluding ortho intramolecular Hbond substituents is 3. The number of aromatic hydroxyl groups is 3. The van der Waals surface area contributed by atoms with Crippen LogP contribution in [0.3, 0.4) is 0 Å². The Morgan fingerprint density at radius 2 is 1.47 bits per heavy atom. The summed E-state index contributed by atoms with van der Waals surface area (Å²) in [5, 5.41) is 61.5. The first-order valence-corrected chi connectivity index (χ1v) is 25.0. The van der Waals surface area contributed by atoms with Crippen LogP contribution in [0.25, 0.3) is 21.9 Å². The van der Waals surface area contributed by atoms with E-state index in [1.807, 2.05) is 43.4 Å². The Morgan fingerprint density at radius 3 is 2.24 bits per heavy atom. The maximum atomic E-state index is 13.2. The molecule has 362 valence electrons. The van der Waals surface area contributed by atoms with Crippen LogP contribution in [-0.2, 0) is 15.9 Å². The van der Waals surface area contributed by atoms with E-state index in [1.165, 1.54) is 0 Å². The van der Waals surface area contributed by atoms with Crippen molar-refractivity contribution in [2.75, 3.05) is 27.4 Å². The number of likely N-dealkylation sites (N-methyl/N-ethyl adjacent to an activating group) is 1. The van der Waals surface area contributed by atoms with Crippen LogP contribution in [0.5, 0.6) is 40.2 Å². The Labute approximate surface area is 399 Å². The number of rotatable bonds is 15. The molecule has 3 aliphatic carbocycles. The van der Waals surface area contributed by atoms with Crippen molar-refractivity contribution in [3.63, 3.8) is 0 Å². The molecule has 0 unspecified atom stereocenters. The molecular formula is C56H67NO11. The summed E-state index contributed by atoms with van der Waals surface area (Å²) in [4.78, 5) is 0. The van der Waals surface area contributed by atoms with Crippen LogP contribution in [0.1, 0.15) is 118 Å². The van der Waals surface area contributed by atoms with Crippen LogP contribution in [0.2, 0.25) is 0 Å². The maximum Gasteiger partial charge on any atom is 0.133 e. The van der Waals surface area contributed by atoms with E-state index in [2.05, 4.69) is 5.32 Å². The lowest BCUT2D eigenvalue weighted by atomic mass is 9.72. The number of fused-ring (bicyclic) bond motifs is 4. The van der Waals surface area contributed by atoms with E-state index in [0.717, 1.165) is 96.4 Å². The monoisotopic (exact) mass is 929 g/mol. The highest BCUT2D eigenvalue weighted by Gasteiger charge is 2.50. The van der Waals surface area contributed by atoms with Gasteiger partial charge in [-0.25, -0.2) is 0 Å². The van der Waals surface area contributed by atoms with Crippen molar-refractivity contribution in [1.29, 1.82) is 0 Å². The minimum absolute atomic E-state index is 0.0165. The fraction of sp³-hybridized carbons (Fsp3) is 0.500. The van der Waals surface area contributed by atoms with Crippen LogP contribution >= 0.6 is 0 Å². The largest absolute Gasteiger partial charge is 0.508 e. The van der Waals surface area contributed by atoms with Gasteiger partial charge in [-0.05, 0) is 161 Å². The molecule has 0 aromatic heterocycles. The molecule has 0 amide bonds. The summed E-state index contributed by atoms with van der Waals surface area (Å²) in [6.45, 7) is 0.672. The number of benzene rings is 5. The zero-order valence-electron chi connectivity index (χ0n) is 39.3. The summed E-state index contributed by atoms with van der Waals surface area (Å²) < 4.78 is 40.9. The standard InChI is InChI=1S/C56H67NO11/c1-57-48-21-18-38(61)28-51(48)68-56-46-30-50(66-40-13-5-6-14-40)44-27-37(60)17-20-43(44)55(46)67-49(15-8-22-63-2)52(56)47-31-64-54-34(26-41(29-45(54)53(47)62)65-39-11-3-4-12-39)23-33-25-36(59)16-19-42(33)32-9-7-10-35(58)24-32/h7,9-10,16-17,19-20,24-27,29-30,38-40,47-49,51-53,56-62H,3-6,8,11-15,18,21-23,28,31H2,1-2H3/t38-,47-,48-,49-,51-,52-,53-,56+/m1/s1. The van der Waals surface area contributed by atoms with Crippen LogP contribution in [-0.4, -0.2) is 89.5 Å². The quantitative estimate of drug-likeness (QED) is 0.0551. The van der Waals surface area contributed by atoms with Gasteiger partial charge in [-0.15, -0.1) is 0 Å². The average molecular weight is 930 g/mol. The third-order valence-corrected chi connectivity index (χ3v) is 15.3. The molecule has 0 spiro atoms. The van der Waals surface area contributed by atoms with Gasteiger partial charge in [0.1, 0.15) is 46.4 Å². The van der Waals surface area contributed by atoms with E-state index in [-0.39, 0.29) is 48.2 Å². The highest BCUT2D eigenvalue weighted by Crippen LogP contribution is 2.56. The molecule has 8 atom stereocenters. The summed E-state index contributed by atoms with van der Waals surface area (Å²) >= 11 is 0. The Bertz CT molecular complexity index is 2550. The molecule has 10 rings (SSSR count). The van der Waals surface area contributed by atoms with Crippen molar-refractivity contribution in [1.82, 2.24) is 5.32 Å². The Morgan fingerprint density at radius 1 is 0.721 bits per heavy atom. The molecule has 5 aromatic carbocycles. The van der Waals surface area contributed by atoms with Gasteiger partial charge >= 0.3 is 0 Å². The zero-order chi connectivity index (χ0) is 46.9. The van der Waals surface area contributed by atoms with Crippen LogP contribution in [0, 0.1) is 11.8 Å². The molecule has 6 N–H and O–H groups in total. The minimum atomic E-state index is -1.03. The van der Waals surface area contributed by atoms with Crippen molar-refractivity contribution in [2.24, 2.45) is 11.8 Å². The molecule has 3 fully saturated rings. The predicted octanol–water partition coefficient (Wildman–Crippen LogP) is 9.96. The molecular weight excluding hydrogens is 863 g/mol. The van der Waals surface area contributed by atoms with Crippen LogP contribution in [0.4, 0.5) is 0 Å². The molecule has 2 heterocycles. The highest BCUT2D eigenvalue weighted by atomic mass is 16.5. The third kappa shape index (κ3) is 9.67. The van der Waals surface area contributed by atoms with Gasteiger partial charge in [0.05, 0.1) is 43.2 Å². The van der Waals surface area contributed by atoms with Gasteiger partial charge in [0, 0.05) is 71.9 Å². The SMILES string of the molecule is CN[C@@H]1CC[C@@H](O)C[C@H]1O[C@H]1c2cc(OC3CCCC3)c3cc(O)ccc3c2O[C@H](CCCOC)[C@H]1[C@H]1COc2c(Cc3cc(O)ccc3-c3cccc(O)c3)cc(OC3CCCC3)cc2[C@H]1O. The van der Waals surface area contributed by atoms with Crippen LogP contribution in [0.15, 0.2) is 78.9 Å². The van der Waals surface area contributed by atoms with E-state index < -0.39 is 36.3 Å².